The highest BCUT2D eigenvalue weighted by Crippen LogP contribution is 2.28. The molecule has 1 aliphatic heterocycles. The van der Waals surface area contributed by atoms with Crippen LogP contribution in [0.3, 0.4) is 0 Å². The SMILES string of the molecule is Cc1cc(C2CCN(Cc3cccnc3)CC2)ccn1. The number of likely N-dealkylation sites (tertiary alicyclic amines) is 1. The lowest BCUT2D eigenvalue weighted by Gasteiger charge is -2.32. The summed E-state index contributed by atoms with van der Waals surface area (Å²) in [6.07, 6.45) is 8.22. The van der Waals surface area contributed by atoms with Crippen LogP contribution in [0.25, 0.3) is 0 Å². The Hall–Kier alpha value is -1.74. The molecule has 0 spiro atoms. The minimum absolute atomic E-state index is 0.696. The summed E-state index contributed by atoms with van der Waals surface area (Å²) in [5, 5.41) is 0. The normalized spacial score (nSPS) is 17.2. The van der Waals surface area contributed by atoms with E-state index in [1.807, 2.05) is 24.7 Å². The van der Waals surface area contributed by atoms with Gasteiger partial charge in [0.05, 0.1) is 0 Å². The minimum Gasteiger partial charge on any atom is -0.299 e. The fourth-order valence-electron chi connectivity index (χ4n) is 3.00. The molecule has 0 aliphatic carbocycles. The van der Waals surface area contributed by atoms with Gasteiger partial charge in [0, 0.05) is 30.8 Å². The maximum atomic E-state index is 4.29. The molecule has 0 bridgehead atoms. The Morgan fingerprint density at radius 1 is 1.20 bits per heavy atom. The summed E-state index contributed by atoms with van der Waals surface area (Å²) < 4.78 is 0. The van der Waals surface area contributed by atoms with Gasteiger partial charge in [0.25, 0.3) is 0 Å². The number of hydrogen-bond donors (Lipinski definition) is 0. The van der Waals surface area contributed by atoms with Crippen LogP contribution in [0, 0.1) is 6.92 Å². The van der Waals surface area contributed by atoms with Crippen molar-refractivity contribution in [3.05, 3.63) is 59.7 Å². The lowest BCUT2D eigenvalue weighted by molar-refractivity contribution is 0.204. The summed E-state index contributed by atoms with van der Waals surface area (Å²) in [6.45, 7) is 5.43. The van der Waals surface area contributed by atoms with E-state index in [1.54, 1.807) is 0 Å². The van der Waals surface area contributed by atoms with Gasteiger partial charge in [-0.25, -0.2) is 0 Å². The predicted octanol–water partition coefficient (Wildman–Crippen LogP) is 3.16. The second-order valence-electron chi connectivity index (χ2n) is 5.64. The summed E-state index contributed by atoms with van der Waals surface area (Å²) in [7, 11) is 0. The molecule has 0 aromatic carbocycles. The first-order valence-electron chi connectivity index (χ1n) is 7.35. The fraction of sp³-hybridized carbons (Fsp3) is 0.412. The lowest BCUT2D eigenvalue weighted by atomic mass is 9.89. The second-order valence-corrected chi connectivity index (χ2v) is 5.64. The van der Waals surface area contributed by atoms with Crippen LogP contribution >= 0.6 is 0 Å². The largest absolute Gasteiger partial charge is 0.299 e. The zero-order chi connectivity index (χ0) is 13.8. The van der Waals surface area contributed by atoms with E-state index in [4.69, 9.17) is 0 Å². The molecule has 0 amide bonds. The fourth-order valence-corrected chi connectivity index (χ4v) is 3.00. The third kappa shape index (κ3) is 3.23. The van der Waals surface area contributed by atoms with Gasteiger partial charge in [-0.15, -0.1) is 0 Å². The highest BCUT2D eigenvalue weighted by molar-refractivity contribution is 5.20. The maximum Gasteiger partial charge on any atom is 0.0375 e. The Balaban J connectivity index is 1.57. The average molecular weight is 267 g/mol. The molecule has 104 valence electrons. The molecule has 20 heavy (non-hydrogen) atoms. The highest BCUT2D eigenvalue weighted by atomic mass is 15.1. The zero-order valence-electron chi connectivity index (χ0n) is 12.0. The first kappa shape index (κ1) is 13.3. The van der Waals surface area contributed by atoms with Gasteiger partial charge >= 0.3 is 0 Å². The summed E-state index contributed by atoms with van der Waals surface area (Å²) in [5.41, 5.74) is 3.89. The zero-order valence-corrected chi connectivity index (χ0v) is 12.0. The highest BCUT2D eigenvalue weighted by Gasteiger charge is 2.20. The molecular formula is C17H21N3. The van der Waals surface area contributed by atoms with Crippen molar-refractivity contribution in [1.82, 2.24) is 14.9 Å². The van der Waals surface area contributed by atoms with Crippen LogP contribution < -0.4 is 0 Å². The van der Waals surface area contributed by atoms with E-state index in [9.17, 15) is 0 Å². The molecule has 0 N–H and O–H groups in total. The van der Waals surface area contributed by atoms with Gasteiger partial charge in [-0.1, -0.05) is 6.07 Å². The van der Waals surface area contributed by atoms with Crippen molar-refractivity contribution in [2.45, 2.75) is 32.2 Å². The van der Waals surface area contributed by atoms with Crippen molar-refractivity contribution in [3.8, 4) is 0 Å². The van der Waals surface area contributed by atoms with Gasteiger partial charge in [-0.2, -0.15) is 0 Å². The smallest absolute Gasteiger partial charge is 0.0375 e. The van der Waals surface area contributed by atoms with Crippen LogP contribution in [0.15, 0.2) is 42.9 Å². The molecular weight excluding hydrogens is 246 g/mol. The Morgan fingerprint density at radius 2 is 2.05 bits per heavy atom. The molecule has 3 nitrogen and oxygen atoms in total. The number of hydrogen-bond acceptors (Lipinski definition) is 3. The molecule has 2 aromatic heterocycles. The van der Waals surface area contributed by atoms with E-state index in [-0.39, 0.29) is 0 Å². The Labute approximate surface area is 120 Å². The van der Waals surface area contributed by atoms with Gasteiger partial charge in [-0.05, 0) is 68.1 Å². The van der Waals surface area contributed by atoms with Crippen molar-refractivity contribution < 1.29 is 0 Å². The summed E-state index contributed by atoms with van der Waals surface area (Å²) in [5.74, 6) is 0.696. The van der Waals surface area contributed by atoms with Crippen LogP contribution in [-0.4, -0.2) is 28.0 Å². The number of aromatic nitrogens is 2. The topological polar surface area (TPSA) is 29.0 Å². The predicted molar refractivity (Wildman–Crippen MR) is 80.5 cm³/mol. The Bertz CT molecular complexity index is 545. The molecule has 0 unspecified atom stereocenters. The Morgan fingerprint density at radius 3 is 2.75 bits per heavy atom. The first-order valence-corrected chi connectivity index (χ1v) is 7.35. The van der Waals surface area contributed by atoms with Crippen molar-refractivity contribution in [2.75, 3.05) is 13.1 Å². The van der Waals surface area contributed by atoms with E-state index >= 15 is 0 Å². The van der Waals surface area contributed by atoms with Crippen LogP contribution in [0.2, 0.25) is 0 Å². The number of pyridine rings is 2. The number of piperidine rings is 1. The van der Waals surface area contributed by atoms with Crippen LogP contribution in [-0.2, 0) is 6.54 Å². The molecule has 3 heteroatoms. The van der Waals surface area contributed by atoms with Gasteiger partial charge < -0.3 is 0 Å². The maximum absolute atomic E-state index is 4.29. The molecule has 1 saturated heterocycles. The van der Waals surface area contributed by atoms with Gasteiger partial charge in [0.2, 0.25) is 0 Å². The monoisotopic (exact) mass is 267 g/mol. The third-order valence-electron chi connectivity index (χ3n) is 4.11. The second kappa shape index (κ2) is 6.14. The standard InChI is InChI=1S/C17H21N3/c1-14-11-17(4-8-19-14)16-5-9-20(10-6-16)13-15-3-2-7-18-12-15/h2-4,7-8,11-12,16H,5-6,9-10,13H2,1H3. The van der Waals surface area contributed by atoms with Crippen LogP contribution in [0.5, 0.6) is 0 Å². The van der Waals surface area contributed by atoms with Gasteiger partial charge in [0.15, 0.2) is 0 Å². The molecule has 1 fully saturated rings. The Kier molecular flexibility index (Phi) is 4.07. The molecule has 3 rings (SSSR count). The molecule has 0 radical (unpaired) electrons. The molecule has 0 saturated carbocycles. The van der Waals surface area contributed by atoms with Crippen molar-refractivity contribution in [2.24, 2.45) is 0 Å². The quantitative estimate of drug-likeness (QED) is 0.855. The summed E-state index contributed by atoms with van der Waals surface area (Å²) >= 11 is 0. The summed E-state index contributed by atoms with van der Waals surface area (Å²) in [4.78, 5) is 11.0. The lowest BCUT2D eigenvalue weighted by Crippen LogP contribution is -2.32. The number of aryl methyl sites for hydroxylation is 1. The van der Waals surface area contributed by atoms with Crippen molar-refractivity contribution >= 4 is 0 Å². The minimum atomic E-state index is 0.696. The van der Waals surface area contributed by atoms with Crippen molar-refractivity contribution in [1.29, 1.82) is 0 Å². The van der Waals surface area contributed by atoms with Gasteiger partial charge in [0.1, 0.15) is 0 Å². The van der Waals surface area contributed by atoms with Gasteiger partial charge in [-0.3, -0.25) is 14.9 Å². The molecule has 2 aromatic rings. The average Bonchev–Trinajstić information content (AvgIpc) is 2.49. The molecule has 1 aliphatic rings. The third-order valence-corrected chi connectivity index (χ3v) is 4.11. The van der Waals surface area contributed by atoms with E-state index in [0.29, 0.717) is 5.92 Å². The van der Waals surface area contributed by atoms with Crippen LogP contribution in [0.4, 0.5) is 0 Å². The van der Waals surface area contributed by atoms with E-state index in [0.717, 1.165) is 12.2 Å². The first-order chi connectivity index (χ1) is 9.81. The molecule has 3 heterocycles. The van der Waals surface area contributed by atoms with Crippen LogP contribution in [0.1, 0.15) is 35.6 Å². The molecule has 0 atom stereocenters. The number of nitrogens with zero attached hydrogens (tertiary/aromatic N) is 3. The van der Waals surface area contributed by atoms with Crippen molar-refractivity contribution in [3.63, 3.8) is 0 Å². The number of rotatable bonds is 3. The van der Waals surface area contributed by atoms with E-state index in [2.05, 4.69) is 40.0 Å². The van der Waals surface area contributed by atoms with E-state index in [1.165, 1.54) is 37.1 Å². The van der Waals surface area contributed by atoms with E-state index < -0.39 is 0 Å². The summed E-state index contributed by atoms with van der Waals surface area (Å²) in [6, 6.07) is 8.59.